The molecule has 20 heavy (non-hydrogen) atoms. The van der Waals surface area contributed by atoms with Crippen LogP contribution in [0.3, 0.4) is 0 Å². The van der Waals surface area contributed by atoms with Crippen LogP contribution in [-0.2, 0) is 4.79 Å². The van der Waals surface area contributed by atoms with Crippen molar-refractivity contribution in [2.45, 2.75) is 25.3 Å². The maximum Gasteiger partial charge on any atom is 0.251 e. The number of rotatable bonds is 4. The largest absolute Gasteiger partial charge is 0.352 e. The highest BCUT2D eigenvalue weighted by Crippen LogP contribution is 2.04. The molecule has 1 aliphatic heterocycles. The first-order valence-electron chi connectivity index (χ1n) is 7.09. The van der Waals surface area contributed by atoms with Gasteiger partial charge in [-0.05, 0) is 44.5 Å². The topological polar surface area (TPSA) is 70.2 Å². The quantitative estimate of drug-likeness (QED) is 0.756. The van der Waals surface area contributed by atoms with Crippen LogP contribution in [0.4, 0.5) is 0 Å². The van der Waals surface area contributed by atoms with E-state index in [1.165, 1.54) is 0 Å². The van der Waals surface area contributed by atoms with Gasteiger partial charge in [0.05, 0.1) is 6.54 Å². The summed E-state index contributed by atoms with van der Waals surface area (Å²) in [6, 6.07) is 9.12. The molecular weight excluding hydrogens is 254 g/mol. The lowest BCUT2D eigenvalue weighted by molar-refractivity contribution is -0.120. The Hall–Kier alpha value is -1.88. The van der Waals surface area contributed by atoms with Crippen LogP contribution in [0, 0.1) is 0 Å². The fourth-order valence-electron chi connectivity index (χ4n) is 2.29. The zero-order valence-electron chi connectivity index (χ0n) is 11.5. The standard InChI is InChI=1S/C15H21N3O2/c19-14(18-13-7-4-9-16-10-8-13)11-17-15(20)12-5-2-1-3-6-12/h1-3,5-6,13,16H,4,7-11H2,(H,17,20)(H,18,19). The number of carbonyl (C=O) groups excluding carboxylic acids is 2. The van der Waals surface area contributed by atoms with Gasteiger partial charge in [0.15, 0.2) is 0 Å². The van der Waals surface area contributed by atoms with E-state index >= 15 is 0 Å². The van der Waals surface area contributed by atoms with E-state index in [1.807, 2.05) is 6.07 Å². The van der Waals surface area contributed by atoms with Crippen molar-refractivity contribution >= 4 is 11.8 Å². The highest BCUT2D eigenvalue weighted by molar-refractivity contribution is 5.96. The second kappa shape index (κ2) is 7.65. The zero-order valence-corrected chi connectivity index (χ0v) is 11.5. The van der Waals surface area contributed by atoms with Crippen molar-refractivity contribution in [2.75, 3.05) is 19.6 Å². The minimum absolute atomic E-state index is 0.0255. The Balaban J connectivity index is 1.73. The minimum Gasteiger partial charge on any atom is -0.352 e. The second-order valence-corrected chi connectivity index (χ2v) is 4.99. The van der Waals surface area contributed by atoms with E-state index in [4.69, 9.17) is 0 Å². The number of benzene rings is 1. The van der Waals surface area contributed by atoms with Crippen molar-refractivity contribution in [2.24, 2.45) is 0 Å². The minimum atomic E-state index is -0.219. The van der Waals surface area contributed by atoms with Crippen LogP contribution in [-0.4, -0.2) is 37.5 Å². The molecule has 2 amide bonds. The molecule has 1 fully saturated rings. The van der Waals surface area contributed by atoms with Gasteiger partial charge in [-0.2, -0.15) is 0 Å². The summed E-state index contributed by atoms with van der Waals surface area (Å²) in [5.41, 5.74) is 0.568. The molecule has 1 unspecified atom stereocenters. The molecule has 5 nitrogen and oxygen atoms in total. The summed E-state index contributed by atoms with van der Waals surface area (Å²) < 4.78 is 0. The van der Waals surface area contributed by atoms with Gasteiger partial charge < -0.3 is 16.0 Å². The van der Waals surface area contributed by atoms with Crippen LogP contribution in [0.5, 0.6) is 0 Å². The summed E-state index contributed by atoms with van der Waals surface area (Å²) in [4.78, 5) is 23.6. The zero-order chi connectivity index (χ0) is 14.2. The Morgan fingerprint density at radius 1 is 1.15 bits per heavy atom. The van der Waals surface area contributed by atoms with E-state index in [0.29, 0.717) is 5.56 Å². The van der Waals surface area contributed by atoms with Crippen molar-refractivity contribution in [3.05, 3.63) is 35.9 Å². The third-order valence-corrected chi connectivity index (χ3v) is 3.39. The molecule has 2 rings (SSSR count). The van der Waals surface area contributed by atoms with Gasteiger partial charge in [-0.1, -0.05) is 18.2 Å². The van der Waals surface area contributed by atoms with Gasteiger partial charge in [0.25, 0.3) is 5.91 Å². The molecule has 0 aromatic heterocycles. The third kappa shape index (κ3) is 4.66. The van der Waals surface area contributed by atoms with E-state index in [9.17, 15) is 9.59 Å². The summed E-state index contributed by atoms with van der Waals surface area (Å²) in [6.07, 6.45) is 3.01. The molecule has 1 aliphatic rings. The second-order valence-electron chi connectivity index (χ2n) is 4.99. The first kappa shape index (κ1) is 14.5. The molecule has 0 spiro atoms. The van der Waals surface area contributed by atoms with Crippen molar-refractivity contribution in [3.8, 4) is 0 Å². The maximum absolute atomic E-state index is 11.8. The lowest BCUT2D eigenvalue weighted by Crippen LogP contribution is -2.42. The van der Waals surface area contributed by atoms with Crippen molar-refractivity contribution in [3.63, 3.8) is 0 Å². The maximum atomic E-state index is 11.8. The molecule has 0 aliphatic carbocycles. The van der Waals surface area contributed by atoms with Crippen LogP contribution in [0.1, 0.15) is 29.6 Å². The Morgan fingerprint density at radius 3 is 2.75 bits per heavy atom. The van der Waals surface area contributed by atoms with Gasteiger partial charge in [-0.3, -0.25) is 9.59 Å². The normalized spacial score (nSPS) is 18.9. The van der Waals surface area contributed by atoms with Gasteiger partial charge in [0, 0.05) is 11.6 Å². The lowest BCUT2D eigenvalue weighted by atomic mass is 10.1. The highest BCUT2D eigenvalue weighted by Gasteiger charge is 2.15. The molecule has 0 saturated carbocycles. The molecule has 0 bridgehead atoms. The summed E-state index contributed by atoms with van der Waals surface area (Å²) in [5, 5.41) is 8.91. The fraction of sp³-hybridized carbons (Fsp3) is 0.467. The number of hydrogen-bond acceptors (Lipinski definition) is 3. The van der Waals surface area contributed by atoms with Gasteiger partial charge in [0.1, 0.15) is 0 Å². The summed E-state index contributed by atoms with van der Waals surface area (Å²) in [6.45, 7) is 1.97. The van der Waals surface area contributed by atoms with E-state index in [0.717, 1.165) is 32.4 Å². The average molecular weight is 275 g/mol. The molecule has 5 heteroatoms. The first-order chi connectivity index (χ1) is 9.75. The number of carbonyl (C=O) groups is 2. The molecular formula is C15H21N3O2. The molecule has 1 aromatic carbocycles. The lowest BCUT2D eigenvalue weighted by Gasteiger charge is -2.16. The molecule has 1 atom stereocenters. The number of nitrogens with one attached hydrogen (secondary N) is 3. The molecule has 3 N–H and O–H groups in total. The molecule has 1 heterocycles. The van der Waals surface area contributed by atoms with Crippen molar-refractivity contribution < 1.29 is 9.59 Å². The summed E-state index contributed by atoms with van der Waals surface area (Å²) in [5.74, 6) is -0.343. The van der Waals surface area contributed by atoms with Crippen molar-refractivity contribution in [1.29, 1.82) is 0 Å². The Bertz CT molecular complexity index is 440. The predicted molar refractivity (Wildman–Crippen MR) is 77.4 cm³/mol. The average Bonchev–Trinajstić information content (AvgIpc) is 2.74. The fourth-order valence-corrected chi connectivity index (χ4v) is 2.29. The third-order valence-electron chi connectivity index (χ3n) is 3.39. The predicted octanol–water partition coefficient (Wildman–Crippen LogP) is 0.675. The Kier molecular flexibility index (Phi) is 5.55. The van der Waals surface area contributed by atoms with Gasteiger partial charge in [-0.15, -0.1) is 0 Å². The summed E-state index contributed by atoms with van der Waals surface area (Å²) in [7, 11) is 0. The number of hydrogen-bond donors (Lipinski definition) is 3. The van der Waals surface area contributed by atoms with Crippen LogP contribution in [0.25, 0.3) is 0 Å². The van der Waals surface area contributed by atoms with Crippen molar-refractivity contribution in [1.82, 2.24) is 16.0 Å². The van der Waals surface area contributed by atoms with Gasteiger partial charge >= 0.3 is 0 Å². The molecule has 0 radical (unpaired) electrons. The van der Waals surface area contributed by atoms with Crippen LogP contribution < -0.4 is 16.0 Å². The van der Waals surface area contributed by atoms with Gasteiger partial charge in [-0.25, -0.2) is 0 Å². The number of amides is 2. The van der Waals surface area contributed by atoms with E-state index in [1.54, 1.807) is 24.3 Å². The SMILES string of the molecule is O=C(CNC(=O)c1ccccc1)NC1CCCNCC1. The monoisotopic (exact) mass is 275 g/mol. The molecule has 1 aromatic rings. The van der Waals surface area contributed by atoms with E-state index in [-0.39, 0.29) is 24.4 Å². The van der Waals surface area contributed by atoms with Crippen LogP contribution >= 0.6 is 0 Å². The van der Waals surface area contributed by atoms with E-state index < -0.39 is 0 Å². The van der Waals surface area contributed by atoms with Gasteiger partial charge in [0.2, 0.25) is 5.91 Å². The summed E-state index contributed by atoms with van der Waals surface area (Å²) >= 11 is 0. The Morgan fingerprint density at radius 2 is 1.95 bits per heavy atom. The molecule has 108 valence electrons. The first-order valence-corrected chi connectivity index (χ1v) is 7.09. The smallest absolute Gasteiger partial charge is 0.251 e. The highest BCUT2D eigenvalue weighted by atomic mass is 16.2. The Labute approximate surface area is 119 Å². The van der Waals surface area contributed by atoms with Crippen LogP contribution in [0.15, 0.2) is 30.3 Å². The van der Waals surface area contributed by atoms with Crippen LogP contribution in [0.2, 0.25) is 0 Å². The molecule has 1 saturated heterocycles. The van der Waals surface area contributed by atoms with E-state index in [2.05, 4.69) is 16.0 Å².